The normalized spacial score (nSPS) is 12.2. The van der Waals surface area contributed by atoms with Gasteiger partial charge in [-0.05, 0) is 32.4 Å². The number of aryl methyl sites for hydroxylation is 1. The van der Waals surface area contributed by atoms with Gasteiger partial charge < -0.3 is 10.6 Å². The number of carbonyl (C=O) groups is 1. The van der Waals surface area contributed by atoms with Crippen molar-refractivity contribution in [2.24, 2.45) is 0 Å². The second kappa shape index (κ2) is 6.23. The van der Waals surface area contributed by atoms with Crippen molar-refractivity contribution < 1.29 is 4.79 Å². The molecular weight excluding hydrogens is 202 g/mol. The van der Waals surface area contributed by atoms with Crippen molar-refractivity contribution in [3.63, 3.8) is 0 Å². The molecule has 0 aliphatic carbocycles. The number of nitrogens with zero attached hydrogens (tertiary/aromatic N) is 1. The predicted octanol–water partition coefficient (Wildman–Crippen LogP) is 1.00. The number of carbonyl (C=O) groups excluding carboxylic acids is 1. The molecule has 4 nitrogen and oxygen atoms in total. The van der Waals surface area contributed by atoms with Crippen LogP contribution in [0.15, 0.2) is 18.3 Å². The molecule has 0 aliphatic heterocycles. The predicted molar refractivity (Wildman–Crippen MR) is 64.0 cm³/mol. The van der Waals surface area contributed by atoms with Crippen molar-refractivity contribution >= 4 is 5.91 Å². The highest BCUT2D eigenvalue weighted by Crippen LogP contribution is 2.02. The van der Waals surface area contributed by atoms with Gasteiger partial charge in [-0.25, -0.2) is 0 Å². The van der Waals surface area contributed by atoms with Gasteiger partial charge in [-0.15, -0.1) is 0 Å². The first kappa shape index (κ1) is 12.6. The maximum atomic E-state index is 11.5. The molecule has 4 heteroatoms. The zero-order chi connectivity index (χ0) is 12.0. The van der Waals surface area contributed by atoms with Crippen molar-refractivity contribution in [3.8, 4) is 0 Å². The lowest BCUT2D eigenvalue weighted by molar-refractivity contribution is -0.122. The summed E-state index contributed by atoms with van der Waals surface area (Å²) in [5.41, 5.74) is 2.12. The Balaban J connectivity index is 2.46. The number of hydrogen-bond acceptors (Lipinski definition) is 3. The molecule has 1 heterocycles. The van der Waals surface area contributed by atoms with E-state index in [0.29, 0.717) is 13.1 Å². The van der Waals surface area contributed by atoms with Crippen LogP contribution in [-0.2, 0) is 11.3 Å². The summed E-state index contributed by atoms with van der Waals surface area (Å²) in [6.07, 6.45) is 1.76. The van der Waals surface area contributed by atoms with Gasteiger partial charge >= 0.3 is 0 Å². The average Bonchev–Trinajstić information content (AvgIpc) is 2.28. The van der Waals surface area contributed by atoms with E-state index in [4.69, 9.17) is 0 Å². The highest BCUT2D eigenvalue weighted by Gasteiger charge is 2.11. The Morgan fingerprint density at radius 2 is 2.31 bits per heavy atom. The van der Waals surface area contributed by atoms with Gasteiger partial charge in [0.2, 0.25) is 5.91 Å². The van der Waals surface area contributed by atoms with Crippen LogP contribution >= 0.6 is 0 Å². The van der Waals surface area contributed by atoms with Crippen LogP contribution < -0.4 is 10.6 Å². The summed E-state index contributed by atoms with van der Waals surface area (Å²) in [5.74, 6) is 0.0242. The van der Waals surface area contributed by atoms with Crippen LogP contribution in [0.4, 0.5) is 0 Å². The fraction of sp³-hybridized carbons (Fsp3) is 0.500. The Morgan fingerprint density at radius 3 is 2.94 bits per heavy atom. The van der Waals surface area contributed by atoms with Crippen LogP contribution in [0.1, 0.15) is 25.1 Å². The molecule has 1 atom stereocenters. The fourth-order valence-electron chi connectivity index (χ4n) is 1.37. The van der Waals surface area contributed by atoms with Crippen LogP contribution in [0.5, 0.6) is 0 Å². The molecule has 2 N–H and O–H groups in total. The molecule has 0 bridgehead atoms. The molecule has 1 aromatic heterocycles. The van der Waals surface area contributed by atoms with Crippen LogP contribution in [0, 0.1) is 6.92 Å². The lowest BCUT2D eigenvalue weighted by Crippen LogP contribution is -2.41. The van der Waals surface area contributed by atoms with Gasteiger partial charge in [0.25, 0.3) is 0 Å². The van der Waals surface area contributed by atoms with Crippen LogP contribution in [0.3, 0.4) is 0 Å². The van der Waals surface area contributed by atoms with Gasteiger partial charge in [-0.1, -0.05) is 6.07 Å². The number of likely N-dealkylation sites (N-methyl/N-ethyl adjacent to an activating group) is 1. The van der Waals surface area contributed by atoms with Crippen molar-refractivity contribution in [1.29, 1.82) is 0 Å². The largest absolute Gasteiger partial charge is 0.355 e. The first-order chi connectivity index (χ1) is 7.65. The Hall–Kier alpha value is -1.42. The molecule has 0 radical (unpaired) electrons. The third-order valence-electron chi connectivity index (χ3n) is 2.44. The fourth-order valence-corrected chi connectivity index (χ4v) is 1.37. The summed E-state index contributed by atoms with van der Waals surface area (Å²) in [5, 5.41) is 5.92. The minimum Gasteiger partial charge on any atom is -0.355 e. The minimum absolute atomic E-state index is 0.0242. The smallest absolute Gasteiger partial charge is 0.236 e. The molecule has 0 spiro atoms. The molecule has 88 valence electrons. The van der Waals surface area contributed by atoms with Crippen molar-refractivity contribution in [2.45, 2.75) is 33.4 Å². The molecule has 0 saturated carbocycles. The lowest BCUT2D eigenvalue weighted by atomic mass is 10.2. The summed E-state index contributed by atoms with van der Waals surface area (Å²) in [7, 11) is 0. The van der Waals surface area contributed by atoms with E-state index in [1.807, 2.05) is 32.9 Å². The maximum absolute atomic E-state index is 11.5. The molecule has 16 heavy (non-hydrogen) atoms. The van der Waals surface area contributed by atoms with Gasteiger partial charge in [0.05, 0.1) is 11.7 Å². The monoisotopic (exact) mass is 221 g/mol. The van der Waals surface area contributed by atoms with E-state index in [0.717, 1.165) is 11.3 Å². The van der Waals surface area contributed by atoms with Crippen molar-refractivity contribution in [2.75, 3.05) is 6.54 Å². The summed E-state index contributed by atoms with van der Waals surface area (Å²) in [4.78, 5) is 15.7. The SMILES string of the molecule is CCNC(=O)C(C)NCc1ncccc1C. The highest BCUT2D eigenvalue weighted by molar-refractivity contribution is 5.81. The topological polar surface area (TPSA) is 54.0 Å². The molecular formula is C12H19N3O. The number of amides is 1. The Kier molecular flexibility index (Phi) is 4.92. The van der Waals surface area contributed by atoms with E-state index in [-0.39, 0.29) is 11.9 Å². The third kappa shape index (κ3) is 3.62. The number of rotatable bonds is 5. The molecule has 0 aliphatic rings. The number of aromatic nitrogens is 1. The van der Waals surface area contributed by atoms with E-state index in [2.05, 4.69) is 15.6 Å². The molecule has 1 rings (SSSR count). The quantitative estimate of drug-likeness (QED) is 0.780. The zero-order valence-corrected chi connectivity index (χ0v) is 10.1. The molecule has 1 aromatic rings. The minimum atomic E-state index is -0.193. The molecule has 0 saturated heterocycles. The van der Waals surface area contributed by atoms with E-state index in [1.54, 1.807) is 6.20 Å². The maximum Gasteiger partial charge on any atom is 0.236 e. The molecule has 1 unspecified atom stereocenters. The Bertz CT molecular complexity index is 352. The Labute approximate surface area is 96.5 Å². The van der Waals surface area contributed by atoms with Crippen LogP contribution in [0.25, 0.3) is 0 Å². The number of hydrogen-bond donors (Lipinski definition) is 2. The second-order valence-electron chi connectivity index (χ2n) is 3.76. The summed E-state index contributed by atoms with van der Waals surface area (Å²) < 4.78 is 0. The average molecular weight is 221 g/mol. The summed E-state index contributed by atoms with van der Waals surface area (Å²) >= 11 is 0. The third-order valence-corrected chi connectivity index (χ3v) is 2.44. The number of nitrogens with one attached hydrogen (secondary N) is 2. The van der Waals surface area contributed by atoms with Gasteiger partial charge in [-0.3, -0.25) is 9.78 Å². The first-order valence-corrected chi connectivity index (χ1v) is 5.56. The van der Waals surface area contributed by atoms with Gasteiger partial charge in [0.15, 0.2) is 0 Å². The molecule has 0 aromatic carbocycles. The van der Waals surface area contributed by atoms with Crippen LogP contribution in [0.2, 0.25) is 0 Å². The molecule has 0 fully saturated rings. The molecule has 1 amide bonds. The first-order valence-electron chi connectivity index (χ1n) is 5.56. The van der Waals surface area contributed by atoms with Crippen molar-refractivity contribution in [3.05, 3.63) is 29.6 Å². The number of pyridine rings is 1. The van der Waals surface area contributed by atoms with Gasteiger partial charge in [0.1, 0.15) is 0 Å². The zero-order valence-electron chi connectivity index (χ0n) is 10.1. The summed E-state index contributed by atoms with van der Waals surface area (Å²) in [6.45, 7) is 7.05. The Morgan fingerprint density at radius 1 is 1.56 bits per heavy atom. The van der Waals surface area contributed by atoms with E-state index in [1.165, 1.54) is 0 Å². The van der Waals surface area contributed by atoms with Gasteiger partial charge in [0, 0.05) is 19.3 Å². The second-order valence-corrected chi connectivity index (χ2v) is 3.76. The van der Waals surface area contributed by atoms with E-state index in [9.17, 15) is 4.79 Å². The van der Waals surface area contributed by atoms with Crippen LogP contribution in [-0.4, -0.2) is 23.5 Å². The van der Waals surface area contributed by atoms with E-state index >= 15 is 0 Å². The lowest BCUT2D eigenvalue weighted by Gasteiger charge is -2.13. The van der Waals surface area contributed by atoms with Gasteiger partial charge in [-0.2, -0.15) is 0 Å². The highest BCUT2D eigenvalue weighted by atomic mass is 16.2. The standard InChI is InChI=1S/C12H19N3O/c1-4-13-12(16)10(3)15-8-11-9(2)6-5-7-14-11/h5-7,10,15H,4,8H2,1-3H3,(H,13,16). The van der Waals surface area contributed by atoms with Crippen molar-refractivity contribution in [1.82, 2.24) is 15.6 Å². The summed E-state index contributed by atoms with van der Waals surface area (Å²) in [6, 6.07) is 3.73. The van der Waals surface area contributed by atoms with E-state index < -0.39 is 0 Å².